The Morgan fingerprint density at radius 3 is 1.91 bits per heavy atom. The van der Waals surface area contributed by atoms with Crippen LogP contribution in [0.2, 0.25) is 0 Å². The molecule has 0 amide bonds. The van der Waals surface area contributed by atoms with Crippen LogP contribution in [0.5, 0.6) is 0 Å². The van der Waals surface area contributed by atoms with E-state index in [4.69, 9.17) is 9.47 Å². The van der Waals surface area contributed by atoms with Gasteiger partial charge in [0.05, 0.1) is 6.10 Å². The summed E-state index contributed by atoms with van der Waals surface area (Å²) >= 11 is 0. The third-order valence-corrected chi connectivity index (χ3v) is 6.79. The maximum Gasteiger partial charge on any atom is 0.306 e. The lowest BCUT2D eigenvalue weighted by Crippen LogP contribution is -2.20. The molecule has 0 radical (unpaired) electrons. The maximum atomic E-state index is 12.5. The lowest BCUT2D eigenvalue weighted by atomic mass is 9.84. The number of hydrogen-bond donors (Lipinski definition) is 0. The lowest BCUT2D eigenvalue weighted by molar-refractivity contribution is -0.151. The molecule has 0 N–H and O–H groups in total. The molecule has 4 aromatic rings. The van der Waals surface area contributed by atoms with Gasteiger partial charge in [0.25, 0.3) is 0 Å². The van der Waals surface area contributed by atoms with Crippen molar-refractivity contribution in [3.8, 4) is 0 Å². The van der Waals surface area contributed by atoms with E-state index in [1.165, 1.54) is 32.3 Å². The minimum Gasteiger partial charge on any atom is -0.457 e. The Morgan fingerprint density at radius 1 is 0.781 bits per heavy atom. The first kappa shape index (κ1) is 21.0. The summed E-state index contributed by atoms with van der Waals surface area (Å²) in [7, 11) is 1.77. The van der Waals surface area contributed by atoms with E-state index in [2.05, 4.69) is 67.6 Å². The molecule has 0 bridgehead atoms. The number of ether oxygens (including phenoxy) is 2. The van der Waals surface area contributed by atoms with E-state index in [1.54, 1.807) is 7.11 Å². The van der Waals surface area contributed by atoms with Crippen LogP contribution < -0.4 is 0 Å². The van der Waals surface area contributed by atoms with Gasteiger partial charge in [-0.15, -0.1) is 0 Å². The third kappa shape index (κ3) is 3.98. The Kier molecular flexibility index (Phi) is 5.84. The third-order valence-electron chi connectivity index (χ3n) is 6.79. The number of hydrogen-bond acceptors (Lipinski definition) is 3. The molecule has 0 saturated heterocycles. The van der Waals surface area contributed by atoms with E-state index in [0.29, 0.717) is 6.42 Å². The number of carbonyl (C=O) groups excluding carboxylic acids is 1. The molecule has 5 rings (SSSR count). The highest BCUT2D eigenvalue weighted by molar-refractivity contribution is 6.05. The molecule has 2 unspecified atom stereocenters. The molecule has 1 aliphatic rings. The Labute approximate surface area is 189 Å². The van der Waals surface area contributed by atoms with E-state index in [0.717, 1.165) is 43.2 Å². The molecule has 4 aromatic carbocycles. The fourth-order valence-electron chi connectivity index (χ4n) is 5.05. The van der Waals surface area contributed by atoms with Crippen LogP contribution >= 0.6 is 0 Å². The summed E-state index contributed by atoms with van der Waals surface area (Å²) in [5.41, 5.74) is 2.25. The van der Waals surface area contributed by atoms with Crippen molar-refractivity contribution < 1.29 is 14.3 Å². The molecular formula is C29H30O3. The molecule has 1 aliphatic carbocycles. The van der Waals surface area contributed by atoms with Crippen molar-refractivity contribution in [2.24, 2.45) is 0 Å². The van der Waals surface area contributed by atoms with Crippen LogP contribution in [-0.2, 0) is 14.3 Å². The van der Waals surface area contributed by atoms with Gasteiger partial charge in [-0.2, -0.15) is 0 Å². The van der Waals surface area contributed by atoms with Crippen LogP contribution in [0.25, 0.3) is 32.3 Å². The van der Waals surface area contributed by atoms with Gasteiger partial charge in [0.15, 0.2) is 0 Å². The summed E-state index contributed by atoms with van der Waals surface area (Å²) in [4.78, 5) is 12.5. The van der Waals surface area contributed by atoms with Crippen molar-refractivity contribution in [3.05, 3.63) is 71.8 Å². The van der Waals surface area contributed by atoms with Gasteiger partial charge >= 0.3 is 5.97 Å². The van der Waals surface area contributed by atoms with Gasteiger partial charge in [0.2, 0.25) is 0 Å². The van der Waals surface area contributed by atoms with Crippen molar-refractivity contribution >= 4 is 38.3 Å². The molecule has 164 valence electrons. The van der Waals surface area contributed by atoms with Crippen LogP contribution in [0.3, 0.4) is 0 Å². The average molecular weight is 427 g/mol. The van der Waals surface area contributed by atoms with E-state index >= 15 is 0 Å². The first-order valence-corrected chi connectivity index (χ1v) is 11.8. The molecule has 0 aromatic heterocycles. The highest BCUT2D eigenvalue weighted by Gasteiger charge is 2.30. The Hall–Kier alpha value is -2.91. The van der Waals surface area contributed by atoms with Crippen molar-refractivity contribution in [1.82, 2.24) is 0 Å². The van der Waals surface area contributed by atoms with Crippen molar-refractivity contribution in [2.75, 3.05) is 7.11 Å². The summed E-state index contributed by atoms with van der Waals surface area (Å²) in [5.74, 6) is -0.0876. The first-order valence-electron chi connectivity index (χ1n) is 11.8. The second kappa shape index (κ2) is 8.91. The van der Waals surface area contributed by atoms with Crippen molar-refractivity contribution in [3.63, 3.8) is 0 Å². The Bertz CT molecular complexity index is 1290. The summed E-state index contributed by atoms with van der Waals surface area (Å²) in [5, 5.41) is 7.33. The highest BCUT2D eigenvalue weighted by atomic mass is 16.5. The predicted octanol–water partition coefficient (Wildman–Crippen LogP) is 7.79. The molecule has 32 heavy (non-hydrogen) atoms. The fourth-order valence-corrected chi connectivity index (χ4v) is 5.05. The number of fused-ring (bicyclic) bond motifs is 4. The molecule has 0 aliphatic heterocycles. The molecule has 0 spiro atoms. The van der Waals surface area contributed by atoms with Gasteiger partial charge in [-0.05, 0) is 99.1 Å². The lowest BCUT2D eigenvalue weighted by Gasteiger charge is -2.31. The SMILES string of the molecule is CCCCCC(=O)OC1CCC(OC)c2cc3cc4cc5ccccc5cc4cc3cc21. The normalized spacial score (nSPS) is 18.2. The molecule has 0 fully saturated rings. The molecular weight excluding hydrogens is 396 g/mol. The summed E-state index contributed by atoms with van der Waals surface area (Å²) < 4.78 is 11.8. The van der Waals surface area contributed by atoms with Gasteiger partial charge in [-0.25, -0.2) is 0 Å². The van der Waals surface area contributed by atoms with Crippen molar-refractivity contribution in [1.29, 1.82) is 0 Å². The zero-order chi connectivity index (χ0) is 22.1. The quantitative estimate of drug-likeness (QED) is 0.179. The second-order valence-electron chi connectivity index (χ2n) is 8.96. The fraction of sp³-hybridized carbons (Fsp3) is 0.345. The van der Waals surface area contributed by atoms with Crippen LogP contribution in [-0.4, -0.2) is 13.1 Å². The largest absolute Gasteiger partial charge is 0.457 e. The van der Waals surface area contributed by atoms with Crippen LogP contribution in [0.15, 0.2) is 60.7 Å². The number of benzene rings is 4. The van der Waals surface area contributed by atoms with E-state index < -0.39 is 0 Å². The van der Waals surface area contributed by atoms with E-state index in [9.17, 15) is 4.79 Å². The zero-order valence-electron chi connectivity index (χ0n) is 18.9. The summed E-state index contributed by atoms with van der Waals surface area (Å²) in [6.45, 7) is 2.14. The van der Waals surface area contributed by atoms with Crippen LogP contribution in [0.4, 0.5) is 0 Å². The van der Waals surface area contributed by atoms with Gasteiger partial charge < -0.3 is 9.47 Å². The number of methoxy groups -OCH3 is 1. The monoisotopic (exact) mass is 426 g/mol. The summed E-state index contributed by atoms with van der Waals surface area (Å²) in [6.07, 6.45) is 5.07. The van der Waals surface area contributed by atoms with Crippen LogP contribution in [0, 0.1) is 0 Å². The second-order valence-corrected chi connectivity index (χ2v) is 8.96. The van der Waals surface area contributed by atoms with Gasteiger partial charge in [-0.1, -0.05) is 44.0 Å². The number of esters is 1. The van der Waals surface area contributed by atoms with Gasteiger partial charge in [-0.3, -0.25) is 4.79 Å². The topological polar surface area (TPSA) is 35.5 Å². The van der Waals surface area contributed by atoms with Gasteiger partial charge in [0.1, 0.15) is 6.10 Å². The van der Waals surface area contributed by atoms with Crippen LogP contribution in [0.1, 0.15) is 68.8 Å². The molecule has 0 saturated carbocycles. The smallest absolute Gasteiger partial charge is 0.306 e. The van der Waals surface area contributed by atoms with E-state index in [1.807, 2.05) is 0 Å². The zero-order valence-corrected chi connectivity index (χ0v) is 18.9. The Morgan fingerprint density at radius 2 is 1.31 bits per heavy atom. The standard InChI is InChI=1S/C29H30O3/c1-3-4-5-10-29(30)32-28-12-11-27(31-2)25-17-23-15-21-13-19-8-6-7-9-20(19)14-22(21)16-24(23)18-26(25)28/h6-9,13-18,27-28H,3-5,10-12H2,1-2H3. The highest BCUT2D eigenvalue weighted by Crippen LogP contribution is 2.42. The first-order chi connectivity index (χ1) is 15.7. The predicted molar refractivity (Wildman–Crippen MR) is 131 cm³/mol. The number of unbranched alkanes of at least 4 members (excludes halogenated alkanes) is 2. The Balaban J connectivity index is 1.56. The minimum absolute atomic E-state index is 0.0387. The number of carbonyl (C=O) groups is 1. The van der Waals surface area contributed by atoms with Crippen molar-refractivity contribution in [2.45, 2.75) is 57.7 Å². The molecule has 3 nitrogen and oxygen atoms in total. The van der Waals surface area contributed by atoms with Gasteiger partial charge in [0, 0.05) is 13.5 Å². The minimum atomic E-state index is -0.192. The molecule has 0 heterocycles. The van der Waals surface area contributed by atoms with E-state index in [-0.39, 0.29) is 18.2 Å². The molecule has 2 atom stereocenters. The number of rotatable bonds is 6. The summed E-state index contributed by atoms with van der Waals surface area (Å²) in [6, 6.07) is 22.0. The average Bonchev–Trinajstić information content (AvgIpc) is 2.80. The maximum absolute atomic E-state index is 12.5. The molecule has 3 heteroatoms.